The molecule has 0 atom stereocenters. The van der Waals surface area contributed by atoms with Crippen LogP contribution < -0.4 is 15.6 Å². The van der Waals surface area contributed by atoms with Gasteiger partial charge in [0.1, 0.15) is 17.2 Å². The summed E-state index contributed by atoms with van der Waals surface area (Å²) in [5, 5.41) is 2.92. The number of hydrogen-bond acceptors (Lipinski definition) is 5. The molecule has 0 radical (unpaired) electrons. The summed E-state index contributed by atoms with van der Waals surface area (Å²) < 4.78 is 45.6. The highest BCUT2D eigenvalue weighted by Crippen LogP contribution is 2.33. The second-order valence-corrected chi connectivity index (χ2v) is 8.58. The van der Waals surface area contributed by atoms with Crippen LogP contribution in [-0.2, 0) is 18.6 Å². The Balaban J connectivity index is 1.88. The Morgan fingerprint density at radius 2 is 1.82 bits per heavy atom. The van der Waals surface area contributed by atoms with Gasteiger partial charge >= 0.3 is 6.18 Å². The highest BCUT2D eigenvalue weighted by Gasteiger charge is 2.32. The van der Waals surface area contributed by atoms with Gasteiger partial charge in [-0.1, -0.05) is 26.8 Å². The number of anilines is 1. The van der Waals surface area contributed by atoms with Gasteiger partial charge in [-0.2, -0.15) is 13.2 Å². The maximum Gasteiger partial charge on any atom is 0.433 e. The van der Waals surface area contributed by atoms with Gasteiger partial charge in [-0.3, -0.25) is 9.59 Å². The Hall–Kier alpha value is -3.62. The molecule has 6 nitrogen and oxygen atoms in total. The minimum absolute atomic E-state index is 0.0719. The fraction of sp³-hybridized carbons (Fsp3) is 0.292. The van der Waals surface area contributed by atoms with Crippen LogP contribution in [0.25, 0.3) is 0 Å². The van der Waals surface area contributed by atoms with E-state index in [4.69, 9.17) is 4.74 Å². The molecular formula is C24H24F3N3O3. The van der Waals surface area contributed by atoms with Crippen molar-refractivity contribution in [3.05, 3.63) is 82.0 Å². The Morgan fingerprint density at radius 3 is 2.39 bits per heavy atom. The first kappa shape index (κ1) is 24.0. The zero-order chi connectivity index (χ0) is 24.4. The van der Waals surface area contributed by atoms with Crippen molar-refractivity contribution in [3.63, 3.8) is 0 Å². The minimum atomic E-state index is -4.56. The summed E-state index contributed by atoms with van der Waals surface area (Å²) in [7, 11) is 1.62. The summed E-state index contributed by atoms with van der Waals surface area (Å²) in [4.78, 5) is 28.1. The number of nitrogens with zero attached hydrogens (tertiary/aromatic N) is 2. The first-order valence-electron chi connectivity index (χ1n) is 10.1. The number of aromatic nitrogens is 2. The highest BCUT2D eigenvalue weighted by molar-refractivity contribution is 6.01. The second kappa shape index (κ2) is 9.09. The van der Waals surface area contributed by atoms with Crippen molar-refractivity contribution >= 4 is 11.5 Å². The summed E-state index contributed by atoms with van der Waals surface area (Å²) in [6, 6.07) is 10.2. The Labute approximate surface area is 189 Å². The molecule has 3 aromatic rings. The van der Waals surface area contributed by atoms with Crippen LogP contribution in [0.5, 0.6) is 11.5 Å². The minimum Gasteiger partial charge on any atom is -0.455 e. The zero-order valence-corrected chi connectivity index (χ0v) is 18.7. The number of carbonyl (C=O) groups is 1. The van der Waals surface area contributed by atoms with E-state index >= 15 is 0 Å². The van der Waals surface area contributed by atoms with Crippen LogP contribution in [0.15, 0.2) is 59.7 Å². The van der Waals surface area contributed by atoms with Gasteiger partial charge in [-0.05, 0) is 41.3 Å². The maximum absolute atomic E-state index is 12.9. The van der Waals surface area contributed by atoms with Crippen LogP contribution in [0, 0.1) is 0 Å². The highest BCUT2D eigenvalue weighted by atomic mass is 19.4. The molecule has 0 saturated heterocycles. The lowest BCUT2D eigenvalue weighted by Gasteiger charge is -2.21. The molecule has 1 N–H and O–H groups in total. The lowest BCUT2D eigenvalue weighted by Crippen LogP contribution is -2.19. The van der Waals surface area contributed by atoms with Gasteiger partial charge in [0.25, 0.3) is 5.56 Å². The summed E-state index contributed by atoms with van der Waals surface area (Å²) >= 11 is 0. The number of ether oxygens (including phenoxy) is 1. The van der Waals surface area contributed by atoms with Gasteiger partial charge in [0.05, 0.1) is 18.3 Å². The second-order valence-electron chi connectivity index (χ2n) is 8.58. The predicted octanol–water partition coefficient (Wildman–Crippen LogP) is 5.18. The number of benzene rings is 1. The molecule has 33 heavy (non-hydrogen) atoms. The molecule has 0 fully saturated rings. The molecule has 0 amide bonds. The topological polar surface area (TPSA) is 73.2 Å². The van der Waals surface area contributed by atoms with Crippen LogP contribution in [-0.4, -0.2) is 21.9 Å². The summed E-state index contributed by atoms with van der Waals surface area (Å²) in [5.41, 5.74) is 0.119. The molecule has 3 rings (SSSR count). The molecule has 0 aliphatic heterocycles. The molecule has 0 aliphatic carbocycles. The van der Waals surface area contributed by atoms with E-state index in [-0.39, 0.29) is 40.4 Å². The van der Waals surface area contributed by atoms with Crippen LogP contribution in [0.2, 0.25) is 0 Å². The fourth-order valence-corrected chi connectivity index (χ4v) is 2.98. The molecule has 0 bridgehead atoms. The smallest absolute Gasteiger partial charge is 0.433 e. The van der Waals surface area contributed by atoms with E-state index in [2.05, 4.69) is 10.3 Å². The number of ketones is 1. The number of aryl methyl sites for hydroxylation is 1. The predicted molar refractivity (Wildman–Crippen MR) is 119 cm³/mol. The van der Waals surface area contributed by atoms with Gasteiger partial charge in [0.15, 0.2) is 5.78 Å². The van der Waals surface area contributed by atoms with Crippen LogP contribution in [0.3, 0.4) is 0 Å². The van der Waals surface area contributed by atoms with Crippen molar-refractivity contribution in [2.75, 3.05) is 11.9 Å². The summed E-state index contributed by atoms with van der Waals surface area (Å²) in [5.74, 6) is -0.0339. The third-order valence-corrected chi connectivity index (χ3v) is 4.96. The van der Waals surface area contributed by atoms with Gasteiger partial charge in [0.2, 0.25) is 0 Å². The first-order valence-corrected chi connectivity index (χ1v) is 10.1. The zero-order valence-electron chi connectivity index (χ0n) is 18.7. The summed E-state index contributed by atoms with van der Waals surface area (Å²) in [6.45, 7) is 5.87. The Morgan fingerprint density at radius 1 is 1.09 bits per heavy atom. The Bertz CT molecular complexity index is 1210. The molecule has 2 heterocycles. The van der Waals surface area contributed by atoms with Crippen LogP contribution in [0.1, 0.15) is 42.4 Å². The molecule has 0 saturated carbocycles. The fourth-order valence-electron chi connectivity index (χ4n) is 2.98. The average Bonchev–Trinajstić information content (AvgIpc) is 2.73. The molecule has 2 aromatic heterocycles. The van der Waals surface area contributed by atoms with Crippen molar-refractivity contribution in [2.24, 2.45) is 7.05 Å². The molecule has 0 aliphatic rings. The lowest BCUT2D eigenvalue weighted by atomic mass is 9.86. The number of rotatable bonds is 6. The maximum atomic E-state index is 12.9. The first-order chi connectivity index (χ1) is 15.3. The number of Topliss-reactive ketones (excluding diaryl/α,β-unsaturated/α-hetero) is 1. The molecule has 9 heteroatoms. The molecular weight excluding hydrogens is 435 g/mol. The van der Waals surface area contributed by atoms with Gasteiger partial charge in [-0.25, -0.2) is 4.98 Å². The van der Waals surface area contributed by atoms with Crippen LogP contribution >= 0.6 is 0 Å². The molecule has 1 aromatic carbocycles. The molecule has 174 valence electrons. The largest absolute Gasteiger partial charge is 0.455 e. The number of pyridine rings is 2. The van der Waals surface area contributed by atoms with Crippen molar-refractivity contribution < 1.29 is 22.7 Å². The van der Waals surface area contributed by atoms with E-state index < -0.39 is 11.9 Å². The average molecular weight is 459 g/mol. The monoisotopic (exact) mass is 459 g/mol. The number of halogens is 3. The van der Waals surface area contributed by atoms with Crippen molar-refractivity contribution in [1.82, 2.24) is 9.55 Å². The van der Waals surface area contributed by atoms with Crippen LogP contribution in [0.4, 0.5) is 18.9 Å². The van der Waals surface area contributed by atoms with Gasteiger partial charge in [0, 0.05) is 25.0 Å². The van der Waals surface area contributed by atoms with Crippen molar-refractivity contribution in [3.8, 4) is 11.5 Å². The quantitative estimate of drug-likeness (QED) is 0.514. The van der Waals surface area contributed by atoms with E-state index in [0.717, 1.165) is 23.9 Å². The van der Waals surface area contributed by atoms with Crippen molar-refractivity contribution in [1.29, 1.82) is 0 Å². The van der Waals surface area contributed by atoms with Crippen molar-refractivity contribution in [2.45, 2.75) is 32.4 Å². The Kier molecular flexibility index (Phi) is 6.62. The standard InChI is InChI=1S/C24H24F3N3O3/c1-23(2,3)15-5-7-18(19(31)14-28-16-9-10-30(4)22(32)12-16)20(11-15)33-17-6-8-21(29-13-17)24(25,26)27/h5-13,28H,14H2,1-4H3. The van der Waals surface area contributed by atoms with E-state index in [1.54, 1.807) is 31.4 Å². The van der Waals surface area contributed by atoms with E-state index in [0.29, 0.717) is 5.69 Å². The number of carbonyl (C=O) groups excluding carboxylic acids is 1. The SMILES string of the molecule is Cn1ccc(NCC(=O)c2ccc(C(C)(C)C)cc2Oc2ccc(C(F)(F)F)nc2)cc1=O. The molecule has 0 unspecified atom stereocenters. The number of nitrogens with one attached hydrogen (secondary N) is 1. The molecule has 0 spiro atoms. The van der Waals surface area contributed by atoms with E-state index in [1.165, 1.54) is 10.6 Å². The summed E-state index contributed by atoms with van der Waals surface area (Å²) in [6.07, 6.45) is -2.01. The third kappa shape index (κ3) is 6.00. The number of alkyl halides is 3. The van der Waals surface area contributed by atoms with E-state index in [9.17, 15) is 22.8 Å². The van der Waals surface area contributed by atoms with E-state index in [1.807, 2.05) is 26.8 Å². The number of hydrogen-bond donors (Lipinski definition) is 1. The van der Waals surface area contributed by atoms with Gasteiger partial charge < -0.3 is 14.6 Å². The lowest BCUT2D eigenvalue weighted by molar-refractivity contribution is -0.141. The van der Waals surface area contributed by atoms with Gasteiger partial charge in [-0.15, -0.1) is 0 Å². The normalized spacial score (nSPS) is 11.8. The third-order valence-electron chi connectivity index (χ3n) is 4.96.